The molecule has 0 radical (unpaired) electrons. The first-order valence-corrected chi connectivity index (χ1v) is 5.35. The topological polar surface area (TPSA) is 41.8 Å². The fourth-order valence-electron chi connectivity index (χ4n) is 1.87. The van der Waals surface area contributed by atoms with Gasteiger partial charge in [-0.1, -0.05) is 13.5 Å². The maximum atomic E-state index is 5.62. The van der Waals surface area contributed by atoms with E-state index in [2.05, 4.69) is 29.5 Å². The molecule has 0 aliphatic rings. The van der Waals surface area contributed by atoms with Crippen LogP contribution in [-0.2, 0) is 6.42 Å². The van der Waals surface area contributed by atoms with E-state index in [1.807, 2.05) is 12.1 Å². The highest BCUT2D eigenvalue weighted by molar-refractivity contribution is 5.90. The molecular weight excluding hydrogens is 200 g/mol. The van der Waals surface area contributed by atoms with E-state index >= 15 is 0 Å². The lowest BCUT2D eigenvalue weighted by Gasteiger charge is -1.88. The zero-order valence-corrected chi connectivity index (χ0v) is 9.08. The molecule has 3 rings (SSSR count). The monoisotopic (exact) mass is 212 g/mol. The summed E-state index contributed by atoms with van der Waals surface area (Å²) in [5, 5.41) is 1.04. The predicted molar refractivity (Wildman–Crippen MR) is 65.3 cm³/mol. The molecule has 0 bridgehead atoms. The van der Waals surface area contributed by atoms with E-state index in [0.29, 0.717) is 5.71 Å². The SMILES string of the molecule is C=Cc1cc2nc3oc(CC)cc3cc2[nH]1. The Kier molecular flexibility index (Phi) is 1.86. The number of furan rings is 1. The highest BCUT2D eigenvalue weighted by atomic mass is 16.3. The van der Waals surface area contributed by atoms with Crippen LogP contribution in [0.4, 0.5) is 0 Å². The van der Waals surface area contributed by atoms with Gasteiger partial charge in [-0.15, -0.1) is 0 Å². The van der Waals surface area contributed by atoms with Crippen molar-refractivity contribution >= 4 is 28.2 Å². The predicted octanol–water partition coefficient (Wildman–Crippen LogP) is 3.51. The summed E-state index contributed by atoms with van der Waals surface area (Å²) in [6.07, 6.45) is 2.67. The molecule has 80 valence electrons. The van der Waals surface area contributed by atoms with E-state index in [4.69, 9.17) is 4.42 Å². The van der Waals surface area contributed by atoms with Crippen LogP contribution < -0.4 is 0 Å². The van der Waals surface area contributed by atoms with Gasteiger partial charge in [-0.05, 0) is 24.3 Å². The Morgan fingerprint density at radius 3 is 3.06 bits per heavy atom. The molecule has 16 heavy (non-hydrogen) atoms. The number of hydrogen-bond acceptors (Lipinski definition) is 2. The number of rotatable bonds is 2. The van der Waals surface area contributed by atoms with Crippen LogP contribution in [0.15, 0.2) is 29.2 Å². The van der Waals surface area contributed by atoms with E-state index in [1.165, 1.54) is 0 Å². The van der Waals surface area contributed by atoms with Crippen LogP contribution in [0.1, 0.15) is 18.4 Å². The van der Waals surface area contributed by atoms with Gasteiger partial charge in [0, 0.05) is 17.5 Å². The van der Waals surface area contributed by atoms with E-state index in [0.717, 1.165) is 34.3 Å². The molecule has 0 saturated heterocycles. The first-order chi connectivity index (χ1) is 7.80. The summed E-state index contributed by atoms with van der Waals surface area (Å²) in [7, 11) is 0. The molecule has 3 aromatic heterocycles. The highest BCUT2D eigenvalue weighted by Crippen LogP contribution is 2.23. The van der Waals surface area contributed by atoms with Crippen molar-refractivity contribution in [1.29, 1.82) is 0 Å². The number of H-pyrrole nitrogens is 1. The molecule has 0 aliphatic carbocycles. The van der Waals surface area contributed by atoms with Gasteiger partial charge in [0.15, 0.2) is 0 Å². The summed E-state index contributed by atoms with van der Waals surface area (Å²) in [4.78, 5) is 7.71. The standard InChI is InChI=1S/C13H12N2O/c1-3-9-7-12-11(14-9)6-8-5-10(4-2)16-13(8)15-12/h3,5-7,14H,1,4H2,2H3. The second-order valence-corrected chi connectivity index (χ2v) is 3.81. The van der Waals surface area contributed by atoms with Crippen LogP contribution in [0.5, 0.6) is 0 Å². The van der Waals surface area contributed by atoms with Crippen molar-refractivity contribution in [3.05, 3.63) is 36.2 Å². The van der Waals surface area contributed by atoms with Gasteiger partial charge in [-0.2, -0.15) is 0 Å². The maximum Gasteiger partial charge on any atom is 0.226 e. The molecule has 0 atom stereocenters. The summed E-state index contributed by atoms with van der Waals surface area (Å²) in [6.45, 7) is 5.80. The second kappa shape index (κ2) is 3.23. The number of nitrogens with zero attached hydrogens (tertiary/aromatic N) is 1. The molecule has 1 N–H and O–H groups in total. The zero-order chi connectivity index (χ0) is 11.1. The van der Waals surface area contributed by atoms with Gasteiger partial charge in [-0.25, -0.2) is 4.98 Å². The van der Waals surface area contributed by atoms with Crippen LogP contribution in [0.3, 0.4) is 0 Å². The fraction of sp³-hybridized carbons (Fsp3) is 0.154. The summed E-state index contributed by atoms with van der Waals surface area (Å²) in [5.41, 5.74) is 3.62. The van der Waals surface area contributed by atoms with Gasteiger partial charge < -0.3 is 9.40 Å². The molecule has 0 unspecified atom stereocenters. The largest absolute Gasteiger partial charge is 0.443 e. The fourth-order valence-corrected chi connectivity index (χ4v) is 1.87. The van der Waals surface area contributed by atoms with Crippen molar-refractivity contribution in [3.8, 4) is 0 Å². The molecule has 0 aromatic carbocycles. The first-order valence-electron chi connectivity index (χ1n) is 5.35. The molecule has 3 heteroatoms. The Labute approximate surface area is 92.8 Å². The third-order valence-corrected chi connectivity index (χ3v) is 2.73. The van der Waals surface area contributed by atoms with E-state index in [9.17, 15) is 0 Å². The third kappa shape index (κ3) is 1.25. The third-order valence-electron chi connectivity index (χ3n) is 2.73. The molecular formula is C13H12N2O. The normalized spacial score (nSPS) is 11.3. The van der Waals surface area contributed by atoms with E-state index in [-0.39, 0.29) is 0 Å². The molecule has 0 amide bonds. The Hall–Kier alpha value is -2.03. The van der Waals surface area contributed by atoms with Gasteiger partial charge >= 0.3 is 0 Å². The Morgan fingerprint density at radius 1 is 1.44 bits per heavy atom. The second-order valence-electron chi connectivity index (χ2n) is 3.81. The number of aromatic amines is 1. The highest BCUT2D eigenvalue weighted by Gasteiger charge is 2.07. The van der Waals surface area contributed by atoms with Crippen molar-refractivity contribution < 1.29 is 4.42 Å². The van der Waals surface area contributed by atoms with Gasteiger partial charge in [0.1, 0.15) is 5.76 Å². The molecule has 0 fully saturated rings. The molecule has 3 nitrogen and oxygen atoms in total. The van der Waals surface area contributed by atoms with Crippen molar-refractivity contribution in [2.24, 2.45) is 0 Å². The maximum absolute atomic E-state index is 5.62. The summed E-state index contributed by atoms with van der Waals surface area (Å²) >= 11 is 0. The number of fused-ring (bicyclic) bond motifs is 2. The average Bonchev–Trinajstić information content (AvgIpc) is 2.86. The van der Waals surface area contributed by atoms with Crippen LogP contribution in [-0.4, -0.2) is 9.97 Å². The molecule has 0 saturated carbocycles. The molecule has 0 spiro atoms. The first kappa shape index (κ1) is 9.21. The number of pyridine rings is 1. The lowest BCUT2D eigenvalue weighted by Crippen LogP contribution is -1.74. The van der Waals surface area contributed by atoms with Gasteiger partial charge in [-0.3, -0.25) is 0 Å². The Balaban J connectivity index is 2.32. The van der Waals surface area contributed by atoms with Gasteiger partial charge in [0.05, 0.1) is 11.0 Å². The lowest BCUT2D eigenvalue weighted by molar-refractivity contribution is 0.548. The average molecular weight is 212 g/mol. The summed E-state index contributed by atoms with van der Waals surface area (Å²) in [5.74, 6) is 0.971. The van der Waals surface area contributed by atoms with Crippen LogP contribution in [0, 0.1) is 0 Å². The number of hydrogen-bond donors (Lipinski definition) is 1. The van der Waals surface area contributed by atoms with Crippen molar-refractivity contribution in [2.75, 3.05) is 0 Å². The van der Waals surface area contributed by atoms with Crippen molar-refractivity contribution in [2.45, 2.75) is 13.3 Å². The van der Waals surface area contributed by atoms with Gasteiger partial charge in [0.25, 0.3) is 0 Å². The minimum atomic E-state index is 0.707. The minimum absolute atomic E-state index is 0.707. The molecule has 3 aromatic rings. The van der Waals surface area contributed by atoms with Crippen molar-refractivity contribution in [3.63, 3.8) is 0 Å². The Bertz CT molecular complexity index is 625. The number of aryl methyl sites for hydroxylation is 1. The molecule has 3 heterocycles. The van der Waals surface area contributed by atoms with Crippen molar-refractivity contribution in [1.82, 2.24) is 9.97 Å². The molecule has 0 aliphatic heterocycles. The van der Waals surface area contributed by atoms with Crippen LogP contribution >= 0.6 is 0 Å². The van der Waals surface area contributed by atoms with Gasteiger partial charge in [0.2, 0.25) is 5.71 Å². The number of aromatic nitrogens is 2. The smallest absolute Gasteiger partial charge is 0.226 e. The lowest BCUT2D eigenvalue weighted by atomic mass is 10.2. The Morgan fingerprint density at radius 2 is 2.31 bits per heavy atom. The van der Waals surface area contributed by atoms with E-state index in [1.54, 1.807) is 6.08 Å². The number of nitrogens with one attached hydrogen (secondary N) is 1. The van der Waals surface area contributed by atoms with Crippen LogP contribution in [0.25, 0.3) is 28.2 Å². The quantitative estimate of drug-likeness (QED) is 0.706. The summed E-state index contributed by atoms with van der Waals surface area (Å²) in [6, 6.07) is 6.07. The van der Waals surface area contributed by atoms with E-state index < -0.39 is 0 Å². The zero-order valence-electron chi connectivity index (χ0n) is 9.08. The minimum Gasteiger partial charge on any atom is -0.443 e. The summed E-state index contributed by atoms with van der Waals surface area (Å²) < 4.78 is 5.62. The van der Waals surface area contributed by atoms with Crippen LogP contribution in [0.2, 0.25) is 0 Å².